The minimum Gasteiger partial charge on any atom is -0.301 e. The molecule has 4 unspecified atom stereocenters. The molecule has 2 aliphatic carbocycles. The molecule has 4 aliphatic rings. The maximum absolute atomic E-state index is 12.0. The highest BCUT2D eigenvalue weighted by Crippen LogP contribution is 2.39. The number of carbonyl (C=O) groups excluding carboxylic acids is 6. The summed E-state index contributed by atoms with van der Waals surface area (Å²) in [5.41, 5.74) is 0. The van der Waals surface area contributed by atoms with E-state index in [1.165, 1.54) is 4.90 Å². The predicted molar refractivity (Wildman–Crippen MR) is 116 cm³/mol. The zero-order chi connectivity index (χ0) is 25.5. The Hall–Kier alpha value is -2.86. The van der Waals surface area contributed by atoms with E-state index in [9.17, 15) is 28.8 Å². The van der Waals surface area contributed by atoms with Crippen molar-refractivity contribution in [3.63, 3.8) is 0 Å². The standard InChI is InChI=1S/C12H17NO5.C11H15NO5/c14-10(18-17)6-3-7-13-11(15)8-4-1-2-5-9(8)12(13)16;13-9(17-16)5-6-12-10(14)7-3-1-2-4-8(7)11(12)15/h8-9,17H,1-7H2;7-8,16H,1-6H2. The molecule has 2 N–H and O–H groups in total. The van der Waals surface area contributed by atoms with E-state index in [1.807, 2.05) is 0 Å². The molecule has 2 heterocycles. The summed E-state index contributed by atoms with van der Waals surface area (Å²) in [4.78, 5) is 78.9. The maximum atomic E-state index is 12.0. The SMILES string of the molecule is O=C(CCCN1C(=O)C2CCCCC2C1=O)OO.O=C(CCN1C(=O)C2CCCCC2C1=O)OO. The molecule has 35 heavy (non-hydrogen) atoms. The zero-order valence-corrected chi connectivity index (χ0v) is 19.6. The minimum atomic E-state index is -0.833. The first-order chi connectivity index (χ1) is 16.8. The summed E-state index contributed by atoms with van der Waals surface area (Å²) >= 11 is 0. The highest BCUT2D eigenvalue weighted by Gasteiger charge is 2.48. The van der Waals surface area contributed by atoms with Gasteiger partial charge >= 0.3 is 11.9 Å². The molecule has 12 heteroatoms. The van der Waals surface area contributed by atoms with Crippen molar-refractivity contribution in [2.24, 2.45) is 23.7 Å². The number of hydrogen-bond donors (Lipinski definition) is 2. The summed E-state index contributed by atoms with van der Waals surface area (Å²) in [5, 5.41) is 16.2. The minimum absolute atomic E-state index is 0.00287. The van der Waals surface area contributed by atoms with E-state index in [1.54, 1.807) is 0 Å². The van der Waals surface area contributed by atoms with Crippen molar-refractivity contribution >= 4 is 35.6 Å². The molecule has 194 valence electrons. The topological polar surface area (TPSA) is 168 Å². The van der Waals surface area contributed by atoms with E-state index in [0.29, 0.717) is 6.42 Å². The van der Waals surface area contributed by atoms with Gasteiger partial charge in [0.1, 0.15) is 0 Å². The second-order valence-electron chi connectivity index (χ2n) is 9.43. The molecular weight excluding hydrogens is 464 g/mol. The molecular formula is C23H32N2O10. The predicted octanol–water partition coefficient (Wildman–Crippen LogP) is 1.53. The molecule has 4 rings (SSSR count). The first kappa shape index (κ1) is 26.7. The van der Waals surface area contributed by atoms with Crippen LogP contribution in [0.3, 0.4) is 0 Å². The maximum Gasteiger partial charge on any atom is 0.343 e. The van der Waals surface area contributed by atoms with Gasteiger partial charge in [-0.15, -0.1) is 0 Å². The largest absolute Gasteiger partial charge is 0.343 e. The molecule has 0 aromatic rings. The second kappa shape index (κ2) is 12.2. The summed E-state index contributed by atoms with van der Waals surface area (Å²) in [7, 11) is 0. The van der Waals surface area contributed by atoms with Gasteiger partial charge in [-0.2, -0.15) is 10.5 Å². The fourth-order valence-electron chi connectivity index (χ4n) is 5.58. The van der Waals surface area contributed by atoms with Crippen LogP contribution in [-0.4, -0.2) is 69.0 Å². The van der Waals surface area contributed by atoms with Crippen molar-refractivity contribution in [1.29, 1.82) is 0 Å². The molecule has 2 saturated carbocycles. The highest BCUT2D eigenvalue weighted by molar-refractivity contribution is 6.06. The van der Waals surface area contributed by atoms with Gasteiger partial charge in [0, 0.05) is 13.1 Å². The van der Waals surface area contributed by atoms with Gasteiger partial charge in [-0.1, -0.05) is 25.7 Å². The number of nitrogens with zero attached hydrogens (tertiary/aromatic N) is 2. The molecule has 0 radical (unpaired) electrons. The summed E-state index contributed by atoms with van der Waals surface area (Å²) in [5.74, 6) is -2.79. The third kappa shape index (κ3) is 6.04. The van der Waals surface area contributed by atoms with E-state index in [4.69, 9.17) is 10.5 Å². The van der Waals surface area contributed by atoms with E-state index in [0.717, 1.165) is 56.3 Å². The van der Waals surface area contributed by atoms with Crippen LogP contribution >= 0.6 is 0 Å². The fourth-order valence-corrected chi connectivity index (χ4v) is 5.58. The summed E-state index contributed by atoms with van der Waals surface area (Å²) in [6.07, 6.45) is 7.25. The molecule has 2 saturated heterocycles. The molecule has 4 amide bonds. The van der Waals surface area contributed by atoms with Gasteiger partial charge in [-0.05, 0) is 32.1 Å². The van der Waals surface area contributed by atoms with E-state index < -0.39 is 11.9 Å². The van der Waals surface area contributed by atoms with Crippen LogP contribution in [0.25, 0.3) is 0 Å². The number of rotatable bonds is 7. The third-order valence-corrected chi connectivity index (χ3v) is 7.37. The Morgan fingerprint density at radius 3 is 1.34 bits per heavy atom. The highest BCUT2D eigenvalue weighted by atomic mass is 17.1. The van der Waals surface area contributed by atoms with Gasteiger partial charge in [0.25, 0.3) is 0 Å². The van der Waals surface area contributed by atoms with Crippen LogP contribution in [0, 0.1) is 23.7 Å². The average Bonchev–Trinajstić information content (AvgIpc) is 3.27. The first-order valence-corrected chi connectivity index (χ1v) is 12.2. The first-order valence-electron chi connectivity index (χ1n) is 12.2. The Labute approximate surface area is 202 Å². The lowest BCUT2D eigenvalue weighted by molar-refractivity contribution is -0.234. The van der Waals surface area contributed by atoms with Crippen molar-refractivity contribution in [1.82, 2.24) is 9.80 Å². The second-order valence-corrected chi connectivity index (χ2v) is 9.43. The van der Waals surface area contributed by atoms with Crippen molar-refractivity contribution in [3.05, 3.63) is 0 Å². The average molecular weight is 497 g/mol. The van der Waals surface area contributed by atoms with Crippen LogP contribution in [-0.2, 0) is 38.5 Å². The van der Waals surface area contributed by atoms with Gasteiger partial charge in [-0.3, -0.25) is 29.0 Å². The zero-order valence-electron chi connectivity index (χ0n) is 19.6. The van der Waals surface area contributed by atoms with Crippen LogP contribution in [0.5, 0.6) is 0 Å². The molecule has 2 aliphatic heterocycles. The van der Waals surface area contributed by atoms with E-state index in [2.05, 4.69) is 9.78 Å². The number of amides is 4. The van der Waals surface area contributed by atoms with Gasteiger partial charge in [0.05, 0.1) is 36.5 Å². The molecule has 0 aromatic heterocycles. The van der Waals surface area contributed by atoms with Gasteiger partial charge < -0.3 is 9.78 Å². The lowest BCUT2D eigenvalue weighted by atomic mass is 9.81. The number of hydrogen-bond acceptors (Lipinski definition) is 10. The molecule has 0 aromatic carbocycles. The van der Waals surface area contributed by atoms with Gasteiger partial charge in [-0.25, -0.2) is 9.59 Å². The Balaban J connectivity index is 0.000000196. The Bertz CT molecular complexity index is 811. The lowest BCUT2D eigenvalue weighted by Gasteiger charge is -2.19. The van der Waals surface area contributed by atoms with E-state index in [-0.39, 0.29) is 73.2 Å². The summed E-state index contributed by atoms with van der Waals surface area (Å²) in [6, 6.07) is 0. The van der Waals surface area contributed by atoms with Crippen molar-refractivity contribution in [2.75, 3.05) is 13.1 Å². The Kier molecular flexibility index (Phi) is 9.33. The summed E-state index contributed by atoms with van der Waals surface area (Å²) < 4.78 is 0. The van der Waals surface area contributed by atoms with Crippen LogP contribution in [0.2, 0.25) is 0 Å². The quantitative estimate of drug-likeness (QED) is 0.299. The van der Waals surface area contributed by atoms with Crippen LogP contribution in [0.4, 0.5) is 0 Å². The Morgan fingerprint density at radius 2 is 0.971 bits per heavy atom. The molecule has 12 nitrogen and oxygen atoms in total. The Morgan fingerprint density at radius 1 is 0.629 bits per heavy atom. The molecule has 0 bridgehead atoms. The number of imide groups is 2. The summed E-state index contributed by atoms with van der Waals surface area (Å²) in [6.45, 7) is 0.240. The third-order valence-electron chi connectivity index (χ3n) is 7.37. The van der Waals surface area contributed by atoms with Crippen molar-refractivity contribution < 1.29 is 49.1 Å². The van der Waals surface area contributed by atoms with Crippen LogP contribution in [0.1, 0.15) is 70.6 Å². The van der Waals surface area contributed by atoms with E-state index >= 15 is 0 Å². The number of carbonyl (C=O) groups is 6. The smallest absolute Gasteiger partial charge is 0.301 e. The molecule has 4 fully saturated rings. The normalized spacial score (nSPS) is 27.7. The molecule has 0 spiro atoms. The fraction of sp³-hybridized carbons (Fsp3) is 0.739. The lowest BCUT2D eigenvalue weighted by Crippen LogP contribution is -2.33. The van der Waals surface area contributed by atoms with Gasteiger partial charge in [0.2, 0.25) is 23.6 Å². The van der Waals surface area contributed by atoms with Crippen LogP contribution in [0.15, 0.2) is 0 Å². The van der Waals surface area contributed by atoms with Crippen LogP contribution < -0.4 is 0 Å². The van der Waals surface area contributed by atoms with Gasteiger partial charge in [0.15, 0.2) is 0 Å². The van der Waals surface area contributed by atoms with Crippen molar-refractivity contribution in [3.8, 4) is 0 Å². The number of likely N-dealkylation sites (tertiary alicyclic amines) is 2. The van der Waals surface area contributed by atoms with Crippen molar-refractivity contribution in [2.45, 2.75) is 70.6 Å². The molecule has 4 atom stereocenters. The monoisotopic (exact) mass is 496 g/mol. The number of fused-ring (bicyclic) bond motifs is 2.